The Morgan fingerprint density at radius 1 is 1.06 bits per heavy atom. The van der Waals surface area contributed by atoms with Crippen molar-refractivity contribution in [2.45, 2.75) is 70.8 Å². The molecule has 102 valence electrons. The fourth-order valence-corrected chi connectivity index (χ4v) is 2.88. The maximum atomic E-state index is 5.44. The molecule has 1 heterocycles. The summed E-state index contributed by atoms with van der Waals surface area (Å²) in [6.45, 7) is 4.22. The van der Waals surface area contributed by atoms with E-state index in [-0.39, 0.29) is 0 Å². The zero-order chi connectivity index (χ0) is 12.3. The van der Waals surface area contributed by atoms with E-state index in [9.17, 15) is 0 Å². The van der Waals surface area contributed by atoms with E-state index in [0.717, 1.165) is 25.2 Å². The van der Waals surface area contributed by atoms with Crippen LogP contribution in [0, 0.1) is 5.92 Å². The third-order valence-corrected chi connectivity index (χ3v) is 4.07. The molecule has 0 spiro atoms. The van der Waals surface area contributed by atoms with Crippen molar-refractivity contribution in [3.63, 3.8) is 0 Å². The van der Waals surface area contributed by atoms with Crippen molar-refractivity contribution in [3.05, 3.63) is 0 Å². The van der Waals surface area contributed by atoms with Gasteiger partial charge in [-0.25, -0.2) is 0 Å². The van der Waals surface area contributed by atoms with Gasteiger partial charge in [-0.2, -0.15) is 0 Å². The van der Waals surface area contributed by atoms with Crippen LogP contribution in [0.3, 0.4) is 0 Å². The highest BCUT2D eigenvalue weighted by Gasteiger charge is 2.21. The van der Waals surface area contributed by atoms with Crippen molar-refractivity contribution in [1.82, 2.24) is 5.32 Å². The predicted octanol–water partition coefficient (Wildman–Crippen LogP) is 3.75. The monoisotopic (exact) mass is 241 g/mol. The molecular formula is C15H31NO. The van der Waals surface area contributed by atoms with Gasteiger partial charge < -0.3 is 10.1 Å². The number of hydrogen-bond acceptors (Lipinski definition) is 2. The van der Waals surface area contributed by atoms with E-state index < -0.39 is 0 Å². The summed E-state index contributed by atoms with van der Waals surface area (Å²) in [6.07, 6.45) is 12.3. The number of rotatable bonds is 9. The Labute approximate surface area is 108 Å². The average molecular weight is 241 g/mol. The van der Waals surface area contributed by atoms with Gasteiger partial charge in [-0.05, 0) is 32.2 Å². The molecule has 0 amide bonds. The van der Waals surface area contributed by atoms with E-state index in [1.54, 1.807) is 0 Å². The Morgan fingerprint density at radius 2 is 1.71 bits per heavy atom. The smallest absolute Gasteiger partial charge is 0.0469 e. The molecule has 0 aromatic carbocycles. The van der Waals surface area contributed by atoms with Crippen LogP contribution in [0.2, 0.25) is 0 Å². The van der Waals surface area contributed by atoms with Gasteiger partial charge >= 0.3 is 0 Å². The van der Waals surface area contributed by atoms with Gasteiger partial charge in [0.1, 0.15) is 0 Å². The maximum Gasteiger partial charge on any atom is 0.0469 e. The number of hydrogen-bond donors (Lipinski definition) is 1. The quantitative estimate of drug-likeness (QED) is 0.621. The van der Waals surface area contributed by atoms with Crippen molar-refractivity contribution < 1.29 is 4.74 Å². The minimum atomic E-state index is 0.727. The molecule has 2 nitrogen and oxygen atoms in total. The summed E-state index contributed by atoms with van der Waals surface area (Å²) >= 11 is 0. The van der Waals surface area contributed by atoms with Crippen LogP contribution in [0.4, 0.5) is 0 Å². The highest BCUT2D eigenvalue weighted by atomic mass is 16.5. The fourth-order valence-electron chi connectivity index (χ4n) is 2.88. The van der Waals surface area contributed by atoms with Gasteiger partial charge in [0.25, 0.3) is 0 Å². The van der Waals surface area contributed by atoms with Crippen LogP contribution in [-0.4, -0.2) is 26.3 Å². The summed E-state index contributed by atoms with van der Waals surface area (Å²) in [5.41, 5.74) is 0. The van der Waals surface area contributed by atoms with Crippen LogP contribution in [0.15, 0.2) is 0 Å². The molecule has 0 aromatic rings. The lowest BCUT2D eigenvalue weighted by Gasteiger charge is -2.30. The Morgan fingerprint density at radius 3 is 2.35 bits per heavy atom. The van der Waals surface area contributed by atoms with Gasteiger partial charge in [0.05, 0.1) is 0 Å². The topological polar surface area (TPSA) is 21.3 Å². The molecule has 2 heteroatoms. The van der Waals surface area contributed by atoms with Crippen LogP contribution < -0.4 is 5.32 Å². The first-order chi connectivity index (χ1) is 8.38. The van der Waals surface area contributed by atoms with Gasteiger partial charge in [-0.3, -0.25) is 0 Å². The maximum absolute atomic E-state index is 5.44. The molecule has 0 aromatic heterocycles. The zero-order valence-corrected chi connectivity index (χ0v) is 11.8. The second-order valence-corrected chi connectivity index (χ2v) is 5.40. The second kappa shape index (κ2) is 9.90. The number of unbranched alkanes of at least 4 members (excludes halogenated alkanes) is 5. The van der Waals surface area contributed by atoms with Crippen molar-refractivity contribution in [2.24, 2.45) is 5.92 Å². The molecule has 1 saturated heterocycles. The first-order valence-electron chi connectivity index (χ1n) is 7.63. The SMILES string of the molecule is CCCCCCCCC(NC)C1CCOCC1. The summed E-state index contributed by atoms with van der Waals surface area (Å²) in [4.78, 5) is 0. The first kappa shape index (κ1) is 15.0. The van der Waals surface area contributed by atoms with E-state index in [1.807, 2.05) is 0 Å². The lowest BCUT2D eigenvalue weighted by atomic mass is 9.88. The Kier molecular flexibility index (Phi) is 8.72. The Hall–Kier alpha value is -0.0800. The summed E-state index contributed by atoms with van der Waals surface area (Å²) in [5, 5.41) is 3.52. The number of nitrogens with one attached hydrogen (secondary N) is 1. The summed E-state index contributed by atoms with van der Waals surface area (Å²) in [6, 6.07) is 0.727. The zero-order valence-electron chi connectivity index (χ0n) is 11.8. The van der Waals surface area contributed by atoms with Crippen LogP contribution >= 0.6 is 0 Å². The highest BCUT2D eigenvalue weighted by molar-refractivity contribution is 4.77. The summed E-state index contributed by atoms with van der Waals surface area (Å²) in [7, 11) is 2.12. The van der Waals surface area contributed by atoms with E-state index in [2.05, 4.69) is 19.3 Å². The molecular weight excluding hydrogens is 210 g/mol. The molecule has 0 radical (unpaired) electrons. The van der Waals surface area contributed by atoms with Crippen LogP contribution in [0.5, 0.6) is 0 Å². The standard InChI is InChI=1S/C15H31NO/c1-3-4-5-6-7-8-9-15(16-2)14-10-12-17-13-11-14/h14-16H,3-13H2,1-2H3. The molecule has 1 atom stereocenters. The minimum Gasteiger partial charge on any atom is -0.381 e. The van der Waals surface area contributed by atoms with E-state index in [4.69, 9.17) is 4.74 Å². The Bertz CT molecular complexity index is 166. The van der Waals surface area contributed by atoms with Crippen molar-refractivity contribution >= 4 is 0 Å². The lowest BCUT2D eigenvalue weighted by Crippen LogP contribution is -2.36. The molecule has 1 fully saturated rings. The third-order valence-electron chi connectivity index (χ3n) is 4.07. The van der Waals surface area contributed by atoms with Gasteiger partial charge in [-0.15, -0.1) is 0 Å². The normalized spacial score (nSPS) is 19.4. The van der Waals surface area contributed by atoms with Gasteiger partial charge in [0.15, 0.2) is 0 Å². The summed E-state index contributed by atoms with van der Waals surface area (Å²) < 4.78 is 5.44. The molecule has 1 aliphatic rings. The molecule has 0 bridgehead atoms. The minimum absolute atomic E-state index is 0.727. The van der Waals surface area contributed by atoms with Crippen molar-refractivity contribution in [3.8, 4) is 0 Å². The van der Waals surface area contributed by atoms with E-state index >= 15 is 0 Å². The predicted molar refractivity (Wildman–Crippen MR) is 74.4 cm³/mol. The largest absolute Gasteiger partial charge is 0.381 e. The van der Waals surface area contributed by atoms with Gasteiger partial charge in [0, 0.05) is 19.3 Å². The van der Waals surface area contributed by atoms with E-state index in [1.165, 1.54) is 57.8 Å². The highest BCUT2D eigenvalue weighted by Crippen LogP contribution is 2.22. The van der Waals surface area contributed by atoms with E-state index in [0.29, 0.717) is 0 Å². The van der Waals surface area contributed by atoms with Gasteiger partial charge in [-0.1, -0.05) is 45.4 Å². The average Bonchev–Trinajstić information content (AvgIpc) is 2.39. The molecule has 1 rings (SSSR count). The summed E-state index contributed by atoms with van der Waals surface area (Å²) in [5.74, 6) is 0.851. The molecule has 1 aliphatic heterocycles. The first-order valence-corrected chi connectivity index (χ1v) is 7.63. The molecule has 1 unspecified atom stereocenters. The molecule has 17 heavy (non-hydrogen) atoms. The molecule has 1 N–H and O–H groups in total. The third kappa shape index (κ3) is 6.42. The Balaban J connectivity index is 2.05. The second-order valence-electron chi connectivity index (χ2n) is 5.40. The molecule has 0 aliphatic carbocycles. The van der Waals surface area contributed by atoms with Crippen molar-refractivity contribution in [1.29, 1.82) is 0 Å². The fraction of sp³-hybridized carbons (Fsp3) is 1.00. The lowest BCUT2D eigenvalue weighted by molar-refractivity contribution is 0.0533. The van der Waals surface area contributed by atoms with Crippen LogP contribution in [0.1, 0.15) is 64.7 Å². The molecule has 0 saturated carbocycles. The van der Waals surface area contributed by atoms with Crippen LogP contribution in [0.25, 0.3) is 0 Å². The van der Waals surface area contributed by atoms with Crippen molar-refractivity contribution in [2.75, 3.05) is 20.3 Å². The van der Waals surface area contributed by atoms with Crippen LogP contribution in [-0.2, 0) is 4.74 Å². The van der Waals surface area contributed by atoms with Gasteiger partial charge in [0.2, 0.25) is 0 Å². The number of ether oxygens (including phenoxy) is 1.